The number of hydrogen-bond acceptors (Lipinski definition) is 4. The van der Waals surface area contributed by atoms with Crippen molar-refractivity contribution < 1.29 is 19.1 Å². The molecule has 0 unspecified atom stereocenters. The van der Waals surface area contributed by atoms with E-state index in [4.69, 9.17) is 8.85 Å². The van der Waals surface area contributed by atoms with Crippen molar-refractivity contribution in [1.29, 1.82) is 0 Å². The van der Waals surface area contributed by atoms with E-state index in [1.807, 2.05) is 0 Å². The van der Waals surface area contributed by atoms with Crippen LogP contribution in [0.15, 0.2) is 25.3 Å². The van der Waals surface area contributed by atoms with E-state index in [9.17, 15) is 10.2 Å². The molecule has 2 aliphatic carbocycles. The predicted molar refractivity (Wildman–Crippen MR) is 161 cm³/mol. The summed E-state index contributed by atoms with van der Waals surface area (Å²) in [4.78, 5) is 0. The first-order chi connectivity index (χ1) is 16.2. The molecule has 0 aromatic carbocycles. The van der Waals surface area contributed by atoms with E-state index in [1.165, 1.54) is 0 Å². The molecule has 0 aliphatic heterocycles. The molecule has 4 nitrogen and oxygen atoms in total. The van der Waals surface area contributed by atoms with Crippen LogP contribution in [0.1, 0.15) is 92.9 Å². The van der Waals surface area contributed by atoms with Crippen LogP contribution in [0.3, 0.4) is 0 Å². The Morgan fingerprint density at radius 3 is 1.11 bits per heavy atom. The Kier molecular flexibility index (Phi) is 12.0. The maximum Gasteiger partial charge on any atom is 0.191 e. The fraction of sp³-hybridized carbons (Fsp3) is 0.867. The molecule has 0 radical (unpaired) electrons. The highest BCUT2D eigenvalue weighted by Gasteiger charge is 2.40. The lowest BCUT2D eigenvalue weighted by Crippen LogP contribution is -2.42. The molecule has 0 saturated heterocycles. The summed E-state index contributed by atoms with van der Waals surface area (Å²) in [6.07, 6.45) is 11.0. The Hall–Kier alpha value is -0.246. The Morgan fingerprint density at radius 2 is 0.917 bits per heavy atom. The van der Waals surface area contributed by atoms with Crippen molar-refractivity contribution in [2.75, 3.05) is 13.2 Å². The molecule has 0 bridgehead atoms. The average Bonchev–Trinajstić information content (AvgIpc) is 2.77. The second kappa shape index (κ2) is 12.7. The van der Waals surface area contributed by atoms with Crippen molar-refractivity contribution >= 4 is 16.6 Å². The molecule has 6 heteroatoms. The van der Waals surface area contributed by atoms with Crippen LogP contribution in [0.25, 0.3) is 0 Å². The lowest BCUT2D eigenvalue weighted by atomic mass is 9.79. The van der Waals surface area contributed by atoms with Gasteiger partial charge in [-0.05, 0) is 99.5 Å². The molecule has 0 atom stereocenters. The molecule has 0 heterocycles. The maximum absolute atomic E-state index is 10.1. The molecule has 0 aromatic heterocycles. The zero-order chi connectivity index (χ0) is 28.1. The second-order valence-electron chi connectivity index (χ2n) is 14.6. The third-order valence-electron chi connectivity index (χ3n) is 9.67. The lowest BCUT2D eigenvalue weighted by Gasteiger charge is -2.39. The molecule has 2 saturated carbocycles. The molecule has 0 amide bonds. The van der Waals surface area contributed by atoms with Crippen LogP contribution >= 0.6 is 0 Å². The van der Waals surface area contributed by atoms with Crippen molar-refractivity contribution in [2.45, 2.75) is 140 Å². The Balaban J connectivity index is 0.000000360. The summed E-state index contributed by atoms with van der Waals surface area (Å²) in [7, 11) is -3.23. The minimum absolute atomic E-state index is 0.281. The summed E-state index contributed by atoms with van der Waals surface area (Å²) >= 11 is 0. The van der Waals surface area contributed by atoms with Gasteiger partial charge in [0.2, 0.25) is 0 Å². The average molecular weight is 541 g/mol. The van der Waals surface area contributed by atoms with Gasteiger partial charge in [-0.25, -0.2) is 0 Å². The smallest absolute Gasteiger partial charge is 0.191 e. The summed E-state index contributed by atoms with van der Waals surface area (Å²) in [6.45, 7) is 32.0. The maximum atomic E-state index is 10.1. The molecule has 2 aliphatic rings. The summed E-state index contributed by atoms with van der Waals surface area (Å²) in [5.41, 5.74) is -1.24. The van der Waals surface area contributed by atoms with Crippen molar-refractivity contribution in [1.82, 2.24) is 0 Å². The number of hydrogen-bond donors (Lipinski definition) is 2. The lowest BCUT2D eigenvalue weighted by molar-refractivity contribution is 0.0255. The monoisotopic (exact) mass is 540 g/mol. The molecule has 2 rings (SSSR count). The van der Waals surface area contributed by atoms with E-state index in [0.29, 0.717) is 11.8 Å². The topological polar surface area (TPSA) is 58.9 Å². The zero-order valence-electron chi connectivity index (χ0n) is 25.5. The highest BCUT2D eigenvalue weighted by Crippen LogP contribution is 2.40. The Labute approximate surface area is 226 Å². The van der Waals surface area contributed by atoms with Gasteiger partial charge in [0.25, 0.3) is 0 Å². The van der Waals surface area contributed by atoms with E-state index in [-0.39, 0.29) is 10.1 Å². The Bertz CT molecular complexity index is 627. The van der Waals surface area contributed by atoms with Gasteiger partial charge in [-0.3, -0.25) is 0 Å². The van der Waals surface area contributed by atoms with Gasteiger partial charge in [0.05, 0.1) is 11.2 Å². The molecular formula is C30H60O4Si2. The second-order valence-corrected chi connectivity index (χ2v) is 24.3. The van der Waals surface area contributed by atoms with Gasteiger partial charge in [0.1, 0.15) is 0 Å². The Morgan fingerprint density at radius 1 is 0.667 bits per heavy atom. The molecule has 36 heavy (non-hydrogen) atoms. The summed E-state index contributed by atoms with van der Waals surface area (Å²) < 4.78 is 12.5. The minimum atomic E-state index is -1.62. The first-order valence-corrected chi connectivity index (χ1v) is 20.0. The SMILES string of the molecule is C=CC1(O)CCC(CO[Si](C)(C)C(C)(C)C)CC1.C=CC1(O)CCC(CO[Si](C)(C)C(C)(C)C)CC1. The normalized spacial score (nSPS) is 30.2. The van der Waals surface area contributed by atoms with Gasteiger partial charge in [0.15, 0.2) is 16.6 Å². The van der Waals surface area contributed by atoms with Gasteiger partial charge in [0, 0.05) is 13.2 Å². The van der Waals surface area contributed by atoms with Crippen molar-refractivity contribution in [3.8, 4) is 0 Å². The van der Waals surface area contributed by atoms with Gasteiger partial charge in [-0.2, -0.15) is 0 Å². The third-order valence-corrected chi connectivity index (χ3v) is 18.7. The first-order valence-electron chi connectivity index (χ1n) is 14.2. The van der Waals surface area contributed by atoms with Crippen LogP contribution in [0.5, 0.6) is 0 Å². The zero-order valence-corrected chi connectivity index (χ0v) is 27.5. The van der Waals surface area contributed by atoms with E-state index in [1.54, 1.807) is 12.2 Å². The fourth-order valence-electron chi connectivity index (χ4n) is 4.18. The molecule has 2 fully saturated rings. The van der Waals surface area contributed by atoms with Crippen molar-refractivity contribution in [2.24, 2.45) is 11.8 Å². The van der Waals surface area contributed by atoms with Gasteiger partial charge in [-0.1, -0.05) is 53.7 Å². The van der Waals surface area contributed by atoms with Crippen LogP contribution in [-0.4, -0.2) is 51.3 Å². The standard InChI is InChI=1S/2C15H30O2Si/c2*1-7-15(16)10-8-13(9-11-15)12-17-18(5,6)14(2,3)4/h2*7,13,16H,1,8-12H2,2-6H3. The fourth-order valence-corrected chi connectivity index (χ4v) is 6.35. The van der Waals surface area contributed by atoms with Crippen molar-refractivity contribution in [3.63, 3.8) is 0 Å². The molecular weight excluding hydrogens is 480 g/mol. The summed E-state index contributed by atoms with van der Waals surface area (Å²) in [5, 5.41) is 20.8. The third kappa shape index (κ3) is 10.1. The molecule has 2 N–H and O–H groups in total. The van der Waals surface area contributed by atoms with E-state index in [2.05, 4.69) is 80.9 Å². The van der Waals surface area contributed by atoms with E-state index >= 15 is 0 Å². The predicted octanol–water partition coefficient (Wildman–Crippen LogP) is 8.23. The first kappa shape index (κ1) is 33.8. The quantitative estimate of drug-likeness (QED) is 0.240. The highest BCUT2D eigenvalue weighted by molar-refractivity contribution is 6.74. The molecule has 0 spiro atoms. The van der Waals surface area contributed by atoms with Gasteiger partial charge in [-0.15, -0.1) is 13.2 Å². The molecule has 212 valence electrons. The number of rotatable bonds is 8. The molecule has 0 aromatic rings. The summed E-state index contributed by atoms with van der Waals surface area (Å²) in [5.74, 6) is 1.22. The summed E-state index contributed by atoms with van der Waals surface area (Å²) in [6, 6.07) is 0. The largest absolute Gasteiger partial charge is 0.417 e. The minimum Gasteiger partial charge on any atom is -0.417 e. The highest BCUT2D eigenvalue weighted by atomic mass is 28.4. The van der Waals surface area contributed by atoms with Crippen LogP contribution in [0.4, 0.5) is 0 Å². The van der Waals surface area contributed by atoms with E-state index in [0.717, 1.165) is 64.6 Å². The van der Waals surface area contributed by atoms with Gasteiger partial charge >= 0.3 is 0 Å². The van der Waals surface area contributed by atoms with Crippen molar-refractivity contribution in [3.05, 3.63) is 25.3 Å². The van der Waals surface area contributed by atoms with E-state index < -0.39 is 27.8 Å². The van der Waals surface area contributed by atoms with Crippen LogP contribution in [0.2, 0.25) is 36.3 Å². The number of aliphatic hydroxyl groups is 2. The van der Waals surface area contributed by atoms with Gasteiger partial charge < -0.3 is 19.1 Å². The van der Waals surface area contributed by atoms with Crippen LogP contribution in [-0.2, 0) is 8.85 Å². The van der Waals surface area contributed by atoms with Crippen LogP contribution in [0, 0.1) is 11.8 Å². The van der Waals surface area contributed by atoms with Crippen LogP contribution < -0.4 is 0 Å².